The van der Waals surface area contributed by atoms with Gasteiger partial charge in [0.15, 0.2) is 0 Å². The first kappa shape index (κ1) is 17.5. The summed E-state index contributed by atoms with van der Waals surface area (Å²) >= 11 is 12.0. The largest absolute Gasteiger partial charge is 0.344 e. The van der Waals surface area contributed by atoms with E-state index in [-0.39, 0.29) is 23.2 Å². The average molecular weight is 354 g/mol. The number of halogens is 2. The summed E-state index contributed by atoms with van der Waals surface area (Å²) in [6.07, 6.45) is 0.759. The van der Waals surface area contributed by atoms with Crippen LogP contribution in [0.4, 0.5) is 0 Å². The van der Waals surface area contributed by atoms with Gasteiger partial charge in [-0.3, -0.25) is 9.59 Å². The van der Waals surface area contributed by atoms with Crippen LogP contribution < -0.4 is 10.9 Å². The van der Waals surface area contributed by atoms with Crippen molar-refractivity contribution in [3.8, 4) is 0 Å². The number of hydrogen-bond acceptors (Lipinski definition) is 3. The molecular formula is C16H17Cl2N3O2. The normalized spacial score (nSPS) is 12.0. The second-order valence-corrected chi connectivity index (χ2v) is 5.98. The molecule has 7 heteroatoms. The van der Waals surface area contributed by atoms with Crippen LogP contribution >= 0.6 is 23.2 Å². The molecule has 5 nitrogen and oxygen atoms in total. The first-order valence-electron chi connectivity index (χ1n) is 7.26. The highest BCUT2D eigenvalue weighted by Gasteiger charge is 2.16. The lowest BCUT2D eigenvalue weighted by molar-refractivity contribution is 0.0932. The maximum absolute atomic E-state index is 12.3. The van der Waals surface area contributed by atoms with Crippen LogP contribution in [-0.2, 0) is 6.54 Å². The monoisotopic (exact) mass is 353 g/mol. The molecule has 1 aromatic carbocycles. The van der Waals surface area contributed by atoms with E-state index >= 15 is 0 Å². The van der Waals surface area contributed by atoms with Gasteiger partial charge in [-0.15, -0.1) is 0 Å². The van der Waals surface area contributed by atoms with Crippen molar-refractivity contribution < 1.29 is 4.79 Å². The molecule has 122 valence electrons. The number of nitrogens with zero attached hydrogens (tertiary/aromatic N) is 2. The van der Waals surface area contributed by atoms with Gasteiger partial charge < -0.3 is 5.32 Å². The summed E-state index contributed by atoms with van der Waals surface area (Å²) in [5, 5.41) is 7.91. The number of hydrogen-bond donors (Lipinski definition) is 1. The van der Waals surface area contributed by atoms with Crippen molar-refractivity contribution >= 4 is 29.1 Å². The second-order valence-electron chi connectivity index (χ2n) is 5.14. The predicted octanol–water partition coefficient (Wildman–Crippen LogP) is 3.45. The summed E-state index contributed by atoms with van der Waals surface area (Å²) in [7, 11) is 0. The van der Waals surface area contributed by atoms with E-state index in [2.05, 4.69) is 10.4 Å². The van der Waals surface area contributed by atoms with Crippen molar-refractivity contribution in [1.82, 2.24) is 15.1 Å². The van der Waals surface area contributed by atoms with Gasteiger partial charge in [-0.1, -0.05) is 36.2 Å². The maximum Gasteiger partial charge on any atom is 0.272 e. The molecule has 0 saturated heterocycles. The third-order valence-corrected chi connectivity index (χ3v) is 3.87. The molecule has 0 aliphatic carbocycles. The Morgan fingerprint density at radius 2 is 2.04 bits per heavy atom. The SMILES string of the molecule is CCCn1nc(C(=O)NC(C)c2ccc(Cl)cc2Cl)ccc1=O. The van der Waals surface area contributed by atoms with E-state index in [4.69, 9.17) is 23.2 Å². The van der Waals surface area contributed by atoms with Crippen LogP contribution in [0.25, 0.3) is 0 Å². The first-order valence-corrected chi connectivity index (χ1v) is 8.02. The summed E-state index contributed by atoms with van der Waals surface area (Å²) in [5.74, 6) is -0.367. The highest BCUT2D eigenvalue weighted by Crippen LogP contribution is 2.26. The van der Waals surface area contributed by atoms with Crippen molar-refractivity contribution in [2.75, 3.05) is 0 Å². The number of carbonyl (C=O) groups is 1. The minimum Gasteiger partial charge on any atom is -0.344 e. The molecule has 1 aromatic heterocycles. The van der Waals surface area contributed by atoms with E-state index in [1.54, 1.807) is 18.2 Å². The van der Waals surface area contributed by atoms with Crippen molar-refractivity contribution in [2.45, 2.75) is 32.9 Å². The first-order chi connectivity index (χ1) is 10.9. The summed E-state index contributed by atoms with van der Waals surface area (Å²) < 4.78 is 1.29. The van der Waals surface area contributed by atoms with Crippen LogP contribution in [0.3, 0.4) is 0 Å². The Labute approximate surface area is 144 Å². The Morgan fingerprint density at radius 3 is 2.70 bits per heavy atom. The number of carbonyl (C=O) groups excluding carboxylic acids is 1. The molecule has 0 aliphatic heterocycles. The maximum atomic E-state index is 12.3. The molecule has 1 N–H and O–H groups in total. The summed E-state index contributed by atoms with van der Waals surface area (Å²) in [4.78, 5) is 24.0. The molecule has 1 amide bonds. The number of nitrogens with one attached hydrogen (secondary N) is 1. The molecule has 0 radical (unpaired) electrons. The molecule has 2 aromatic rings. The van der Waals surface area contributed by atoms with Crippen LogP contribution in [0.15, 0.2) is 35.1 Å². The zero-order chi connectivity index (χ0) is 17.0. The standard InChI is InChI=1S/C16H17Cl2N3O2/c1-3-8-21-15(22)7-6-14(20-21)16(23)19-10(2)12-5-4-11(17)9-13(12)18/h4-7,9-10H,3,8H2,1-2H3,(H,19,23). The molecule has 1 atom stereocenters. The van der Waals surface area contributed by atoms with E-state index in [0.29, 0.717) is 16.6 Å². The number of rotatable bonds is 5. The van der Waals surface area contributed by atoms with Crippen molar-refractivity contribution in [3.05, 3.63) is 62.0 Å². The molecule has 1 unspecified atom stereocenters. The van der Waals surface area contributed by atoms with Gasteiger partial charge in [0.1, 0.15) is 5.69 Å². The number of aryl methyl sites for hydroxylation is 1. The lowest BCUT2D eigenvalue weighted by Gasteiger charge is -2.16. The van der Waals surface area contributed by atoms with Gasteiger partial charge in [0.2, 0.25) is 0 Å². The van der Waals surface area contributed by atoms with Crippen molar-refractivity contribution in [3.63, 3.8) is 0 Å². The fourth-order valence-electron chi connectivity index (χ4n) is 2.14. The third-order valence-electron chi connectivity index (χ3n) is 3.31. The van der Waals surface area contributed by atoms with Gasteiger partial charge in [0.05, 0.1) is 6.04 Å². The molecule has 0 bridgehead atoms. The highest BCUT2D eigenvalue weighted by atomic mass is 35.5. The third kappa shape index (κ3) is 4.33. The van der Waals surface area contributed by atoms with Gasteiger partial charge in [-0.2, -0.15) is 5.10 Å². The Morgan fingerprint density at radius 1 is 1.30 bits per heavy atom. The van der Waals surface area contributed by atoms with Crippen LogP contribution in [0.1, 0.15) is 42.4 Å². The van der Waals surface area contributed by atoms with E-state index in [1.165, 1.54) is 16.8 Å². The Bertz CT molecular complexity index is 774. The van der Waals surface area contributed by atoms with Gasteiger partial charge in [-0.05, 0) is 37.1 Å². The number of aromatic nitrogens is 2. The van der Waals surface area contributed by atoms with E-state index in [0.717, 1.165) is 12.0 Å². The second kappa shape index (κ2) is 7.62. The fraction of sp³-hybridized carbons (Fsp3) is 0.312. The van der Waals surface area contributed by atoms with Crippen molar-refractivity contribution in [1.29, 1.82) is 0 Å². The van der Waals surface area contributed by atoms with Gasteiger partial charge >= 0.3 is 0 Å². The molecule has 1 heterocycles. The number of benzene rings is 1. The smallest absolute Gasteiger partial charge is 0.272 e. The molecule has 2 rings (SSSR count). The van der Waals surface area contributed by atoms with E-state index in [9.17, 15) is 9.59 Å². The molecular weight excluding hydrogens is 337 g/mol. The van der Waals surface area contributed by atoms with Crippen LogP contribution in [-0.4, -0.2) is 15.7 Å². The Hall–Kier alpha value is -1.85. The topological polar surface area (TPSA) is 64.0 Å². The van der Waals surface area contributed by atoms with Crippen LogP contribution in [0.5, 0.6) is 0 Å². The average Bonchev–Trinajstić information content (AvgIpc) is 2.49. The lowest BCUT2D eigenvalue weighted by Crippen LogP contribution is -2.31. The summed E-state index contributed by atoms with van der Waals surface area (Å²) in [5.41, 5.74) is 0.721. The van der Waals surface area contributed by atoms with Gasteiger partial charge in [0.25, 0.3) is 11.5 Å². The lowest BCUT2D eigenvalue weighted by atomic mass is 10.1. The number of amides is 1. The van der Waals surface area contributed by atoms with E-state index < -0.39 is 0 Å². The molecule has 0 spiro atoms. The zero-order valence-corrected chi connectivity index (χ0v) is 14.4. The van der Waals surface area contributed by atoms with Crippen molar-refractivity contribution in [2.24, 2.45) is 0 Å². The van der Waals surface area contributed by atoms with E-state index in [1.807, 2.05) is 13.8 Å². The Balaban J connectivity index is 2.18. The molecule has 23 heavy (non-hydrogen) atoms. The minimum absolute atomic E-state index is 0.190. The predicted molar refractivity (Wildman–Crippen MR) is 91.1 cm³/mol. The highest BCUT2D eigenvalue weighted by molar-refractivity contribution is 6.35. The van der Waals surface area contributed by atoms with Gasteiger partial charge in [0, 0.05) is 22.7 Å². The molecule has 0 saturated carbocycles. The fourth-order valence-corrected chi connectivity index (χ4v) is 2.72. The molecule has 0 fully saturated rings. The summed E-state index contributed by atoms with van der Waals surface area (Å²) in [6.45, 7) is 4.22. The van der Waals surface area contributed by atoms with Crippen LogP contribution in [0.2, 0.25) is 10.0 Å². The Kier molecular flexibility index (Phi) is 5.80. The van der Waals surface area contributed by atoms with Gasteiger partial charge in [-0.25, -0.2) is 4.68 Å². The van der Waals surface area contributed by atoms with Crippen LogP contribution in [0, 0.1) is 0 Å². The minimum atomic E-state index is -0.367. The summed E-state index contributed by atoms with van der Waals surface area (Å²) in [6, 6.07) is 7.55. The quantitative estimate of drug-likeness (QED) is 0.895. The molecule has 0 aliphatic rings. The zero-order valence-electron chi connectivity index (χ0n) is 12.8.